The number of rotatable bonds is 8. The molecular formula is C13H23ClN4O. The Balaban J connectivity index is 2.63. The van der Waals surface area contributed by atoms with Crippen LogP contribution in [-0.4, -0.2) is 34.3 Å². The molecule has 0 spiro atoms. The second-order valence-electron chi connectivity index (χ2n) is 4.45. The van der Waals surface area contributed by atoms with Gasteiger partial charge in [-0.05, 0) is 12.8 Å². The lowest BCUT2D eigenvalue weighted by molar-refractivity contribution is 0.114. The molecule has 19 heavy (non-hydrogen) atoms. The molecule has 5 nitrogen and oxygen atoms in total. The van der Waals surface area contributed by atoms with Crippen molar-refractivity contribution in [2.75, 3.05) is 23.7 Å². The number of hydrogen-bond acceptors (Lipinski definition) is 5. The maximum absolute atomic E-state index is 10.1. The van der Waals surface area contributed by atoms with Gasteiger partial charge in [-0.1, -0.05) is 38.3 Å². The third kappa shape index (κ3) is 4.84. The average Bonchev–Trinajstić information content (AvgIpc) is 2.41. The minimum absolute atomic E-state index is 0.293. The largest absolute Gasteiger partial charge is 0.391 e. The molecule has 1 aromatic heterocycles. The molecule has 0 radical (unpaired) electrons. The molecule has 1 rings (SSSR count). The van der Waals surface area contributed by atoms with E-state index in [-0.39, 0.29) is 0 Å². The van der Waals surface area contributed by atoms with Gasteiger partial charge in [0.1, 0.15) is 5.02 Å². The first-order chi connectivity index (χ1) is 9.12. The van der Waals surface area contributed by atoms with Crippen LogP contribution >= 0.6 is 11.6 Å². The molecule has 0 saturated carbocycles. The monoisotopic (exact) mass is 286 g/mol. The number of aromatic nitrogens is 2. The van der Waals surface area contributed by atoms with Gasteiger partial charge in [0.2, 0.25) is 5.95 Å². The first-order valence-corrected chi connectivity index (χ1v) is 7.18. The minimum atomic E-state index is -0.399. The van der Waals surface area contributed by atoms with Crippen molar-refractivity contribution >= 4 is 23.4 Å². The van der Waals surface area contributed by atoms with Crippen LogP contribution in [0.3, 0.4) is 0 Å². The molecule has 3 N–H and O–H groups in total. The van der Waals surface area contributed by atoms with Gasteiger partial charge < -0.3 is 15.7 Å². The van der Waals surface area contributed by atoms with E-state index in [9.17, 15) is 5.11 Å². The van der Waals surface area contributed by atoms with Gasteiger partial charge in [-0.25, -0.2) is 4.98 Å². The van der Waals surface area contributed by atoms with Gasteiger partial charge in [-0.2, -0.15) is 4.98 Å². The Morgan fingerprint density at radius 3 is 2.53 bits per heavy atom. The van der Waals surface area contributed by atoms with Crippen LogP contribution in [0.4, 0.5) is 11.8 Å². The zero-order chi connectivity index (χ0) is 14.3. The summed E-state index contributed by atoms with van der Waals surface area (Å²) in [7, 11) is 0. The highest BCUT2D eigenvalue weighted by Gasteiger charge is 2.16. The summed E-state index contributed by atoms with van der Waals surface area (Å²) >= 11 is 6.03. The average molecular weight is 287 g/mol. The van der Waals surface area contributed by atoms with Crippen LogP contribution in [0.2, 0.25) is 5.02 Å². The van der Waals surface area contributed by atoms with Gasteiger partial charge in [0.05, 0.1) is 12.3 Å². The highest BCUT2D eigenvalue weighted by atomic mass is 35.5. The highest BCUT2D eigenvalue weighted by molar-refractivity contribution is 6.32. The molecule has 0 bridgehead atoms. The van der Waals surface area contributed by atoms with E-state index >= 15 is 0 Å². The van der Waals surface area contributed by atoms with Crippen molar-refractivity contribution in [1.82, 2.24) is 9.97 Å². The molecule has 0 aliphatic carbocycles. The standard InChI is InChI=1S/C13H23ClN4O/c1-4-9(5-2)11(19)8-16-12-10(14)7-17-13(18-12)15-6-3/h7,9,11,19H,4-6,8H2,1-3H3,(H2,15,16,17,18). The van der Waals surface area contributed by atoms with Crippen LogP contribution in [0.1, 0.15) is 33.6 Å². The predicted octanol–water partition coefficient (Wildman–Crippen LogP) is 2.77. The third-order valence-electron chi connectivity index (χ3n) is 3.15. The first kappa shape index (κ1) is 16.0. The van der Waals surface area contributed by atoms with Crippen LogP contribution in [0.5, 0.6) is 0 Å². The number of nitrogens with one attached hydrogen (secondary N) is 2. The van der Waals surface area contributed by atoms with Crippen LogP contribution in [0.15, 0.2) is 6.20 Å². The Hall–Kier alpha value is -1.07. The van der Waals surface area contributed by atoms with Crippen LogP contribution in [0.25, 0.3) is 0 Å². The summed E-state index contributed by atoms with van der Waals surface area (Å²) in [5, 5.41) is 16.6. The molecule has 0 aliphatic heterocycles. The van der Waals surface area contributed by atoms with E-state index in [1.54, 1.807) is 6.20 Å². The lowest BCUT2D eigenvalue weighted by atomic mass is 9.97. The molecule has 1 aromatic rings. The number of halogens is 1. The summed E-state index contributed by atoms with van der Waals surface area (Å²) in [5.41, 5.74) is 0. The smallest absolute Gasteiger partial charge is 0.224 e. The summed E-state index contributed by atoms with van der Waals surface area (Å²) < 4.78 is 0. The zero-order valence-electron chi connectivity index (χ0n) is 11.8. The molecule has 1 heterocycles. The summed E-state index contributed by atoms with van der Waals surface area (Å²) in [6.45, 7) is 7.32. The van der Waals surface area contributed by atoms with Crippen molar-refractivity contribution in [2.45, 2.75) is 39.7 Å². The normalized spacial score (nSPS) is 12.5. The second kappa shape index (κ2) is 8.17. The molecule has 0 aliphatic rings. The molecule has 6 heteroatoms. The van der Waals surface area contributed by atoms with E-state index in [0.29, 0.717) is 29.3 Å². The van der Waals surface area contributed by atoms with Gasteiger partial charge in [-0.3, -0.25) is 0 Å². The molecule has 0 fully saturated rings. The Morgan fingerprint density at radius 2 is 1.95 bits per heavy atom. The van der Waals surface area contributed by atoms with Crippen molar-refractivity contribution in [3.63, 3.8) is 0 Å². The fraction of sp³-hybridized carbons (Fsp3) is 0.692. The highest BCUT2D eigenvalue weighted by Crippen LogP contribution is 2.20. The Morgan fingerprint density at radius 1 is 1.26 bits per heavy atom. The number of hydrogen-bond donors (Lipinski definition) is 3. The maximum Gasteiger partial charge on any atom is 0.224 e. The maximum atomic E-state index is 10.1. The van der Waals surface area contributed by atoms with Crippen LogP contribution in [-0.2, 0) is 0 Å². The van der Waals surface area contributed by atoms with Gasteiger partial charge in [0, 0.05) is 13.1 Å². The summed E-state index contributed by atoms with van der Waals surface area (Å²) in [6.07, 6.45) is 3.07. The van der Waals surface area contributed by atoms with E-state index in [4.69, 9.17) is 11.6 Å². The van der Waals surface area contributed by atoms with Crippen molar-refractivity contribution in [2.24, 2.45) is 5.92 Å². The van der Waals surface area contributed by atoms with Crippen molar-refractivity contribution in [3.05, 3.63) is 11.2 Å². The van der Waals surface area contributed by atoms with Gasteiger partial charge >= 0.3 is 0 Å². The van der Waals surface area contributed by atoms with E-state index in [1.165, 1.54) is 0 Å². The first-order valence-electron chi connectivity index (χ1n) is 6.80. The molecule has 0 saturated heterocycles. The second-order valence-corrected chi connectivity index (χ2v) is 4.85. The molecule has 1 unspecified atom stereocenters. The van der Waals surface area contributed by atoms with Gasteiger partial charge in [0.15, 0.2) is 5.82 Å². The Labute approximate surface area is 119 Å². The van der Waals surface area contributed by atoms with Crippen molar-refractivity contribution in [3.8, 4) is 0 Å². The summed E-state index contributed by atoms with van der Waals surface area (Å²) in [5.74, 6) is 1.38. The SMILES string of the molecule is CCNc1ncc(Cl)c(NCC(O)C(CC)CC)n1. The topological polar surface area (TPSA) is 70.1 Å². The molecular weight excluding hydrogens is 264 g/mol. The number of aliphatic hydroxyl groups excluding tert-OH is 1. The van der Waals surface area contributed by atoms with Crippen LogP contribution < -0.4 is 10.6 Å². The van der Waals surface area contributed by atoms with Crippen molar-refractivity contribution in [1.29, 1.82) is 0 Å². The van der Waals surface area contributed by atoms with Crippen molar-refractivity contribution < 1.29 is 5.11 Å². The minimum Gasteiger partial charge on any atom is -0.391 e. The summed E-state index contributed by atoms with van der Waals surface area (Å²) in [4.78, 5) is 8.34. The van der Waals surface area contributed by atoms with E-state index in [2.05, 4.69) is 34.4 Å². The number of nitrogens with zero attached hydrogens (tertiary/aromatic N) is 2. The summed E-state index contributed by atoms with van der Waals surface area (Å²) in [6, 6.07) is 0. The van der Waals surface area contributed by atoms with E-state index in [0.717, 1.165) is 19.4 Å². The van der Waals surface area contributed by atoms with E-state index in [1.807, 2.05) is 6.92 Å². The molecule has 1 atom stereocenters. The fourth-order valence-corrected chi connectivity index (χ4v) is 2.09. The zero-order valence-corrected chi connectivity index (χ0v) is 12.5. The lowest BCUT2D eigenvalue weighted by Crippen LogP contribution is -2.28. The number of anilines is 2. The third-order valence-corrected chi connectivity index (χ3v) is 3.43. The Kier molecular flexibility index (Phi) is 6.87. The predicted molar refractivity (Wildman–Crippen MR) is 79.8 cm³/mol. The number of aliphatic hydroxyl groups is 1. The fourth-order valence-electron chi connectivity index (χ4n) is 1.94. The Bertz CT molecular complexity index is 385. The van der Waals surface area contributed by atoms with E-state index < -0.39 is 6.10 Å². The molecule has 0 aromatic carbocycles. The lowest BCUT2D eigenvalue weighted by Gasteiger charge is -2.20. The van der Waals surface area contributed by atoms with Crippen LogP contribution in [0, 0.1) is 5.92 Å². The van der Waals surface area contributed by atoms with Gasteiger partial charge in [-0.15, -0.1) is 0 Å². The molecule has 108 valence electrons. The quantitative estimate of drug-likeness (QED) is 0.685. The van der Waals surface area contributed by atoms with Gasteiger partial charge in [0.25, 0.3) is 0 Å². The molecule has 0 amide bonds.